The van der Waals surface area contributed by atoms with Crippen LogP contribution in [0.2, 0.25) is 0 Å². The number of piperidine rings is 1. The van der Waals surface area contributed by atoms with E-state index >= 15 is 0 Å². The van der Waals surface area contributed by atoms with E-state index in [0.717, 1.165) is 71.3 Å². The number of hydrogen-bond donors (Lipinski definition) is 1. The number of ether oxygens (including phenoxy) is 1. The molecule has 2 N–H and O–H groups in total. The standard InChI is InChI=1S/C25H25FN6O2S3/c1-2-15-11-28-24(29-12-15)31-7-5-17(6-8-31)22-30-18(14-36-22)13-34-20-4-3-16(9-19(20)26)10-21-23(33)32(27)25(35)37-21/h3-4,9-12,14,17H,2,5-8,13,27H2,1H3/b21-10-. The minimum atomic E-state index is -0.519. The molecule has 4 heterocycles. The number of aryl methyl sites for hydroxylation is 1. The van der Waals surface area contributed by atoms with Gasteiger partial charge in [0.05, 0.1) is 15.6 Å². The molecular formula is C25H25FN6O2S3. The molecule has 192 valence electrons. The summed E-state index contributed by atoms with van der Waals surface area (Å²) in [5.41, 5.74) is 2.43. The van der Waals surface area contributed by atoms with Crippen LogP contribution in [0, 0.1) is 5.82 Å². The third-order valence-corrected chi connectivity index (χ3v) is 8.64. The van der Waals surface area contributed by atoms with Gasteiger partial charge in [0.15, 0.2) is 15.9 Å². The summed E-state index contributed by atoms with van der Waals surface area (Å²) in [6.45, 7) is 4.03. The van der Waals surface area contributed by atoms with Gasteiger partial charge in [-0.15, -0.1) is 11.3 Å². The molecule has 12 heteroatoms. The first-order valence-electron chi connectivity index (χ1n) is 11.9. The number of rotatable bonds is 7. The normalized spacial score (nSPS) is 17.8. The molecule has 8 nitrogen and oxygen atoms in total. The van der Waals surface area contributed by atoms with E-state index < -0.39 is 11.7 Å². The second kappa shape index (κ2) is 11.2. The fourth-order valence-electron chi connectivity index (χ4n) is 4.10. The summed E-state index contributed by atoms with van der Waals surface area (Å²) in [4.78, 5) is 28.4. The Kier molecular flexibility index (Phi) is 7.79. The summed E-state index contributed by atoms with van der Waals surface area (Å²) in [5.74, 6) is 5.94. The highest BCUT2D eigenvalue weighted by Gasteiger charge is 2.29. The predicted molar refractivity (Wildman–Crippen MR) is 148 cm³/mol. The molecule has 1 amide bonds. The predicted octanol–water partition coefficient (Wildman–Crippen LogP) is 4.67. The van der Waals surface area contributed by atoms with Gasteiger partial charge in [-0.3, -0.25) is 4.79 Å². The number of thiocarbonyl (C=S) groups is 1. The van der Waals surface area contributed by atoms with E-state index in [0.29, 0.717) is 16.4 Å². The summed E-state index contributed by atoms with van der Waals surface area (Å²) >= 11 is 7.71. The summed E-state index contributed by atoms with van der Waals surface area (Å²) in [5, 5.41) is 3.95. The van der Waals surface area contributed by atoms with Crippen molar-refractivity contribution in [1.82, 2.24) is 20.0 Å². The van der Waals surface area contributed by atoms with Crippen LogP contribution < -0.4 is 15.5 Å². The fourth-order valence-corrected chi connectivity index (χ4v) is 6.18. The molecular weight excluding hydrogens is 532 g/mol. The third-order valence-electron chi connectivity index (χ3n) is 6.25. The number of benzene rings is 1. The van der Waals surface area contributed by atoms with Gasteiger partial charge in [0, 0.05) is 36.8 Å². The molecule has 37 heavy (non-hydrogen) atoms. The maximum absolute atomic E-state index is 14.7. The van der Waals surface area contributed by atoms with Crippen LogP contribution in [0.25, 0.3) is 6.08 Å². The van der Waals surface area contributed by atoms with Crippen molar-refractivity contribution in [2.75, 3.05) is 18.0 Å². The van der Waals surface area contributed by atoms with Crippen LogP contribution in [0.5, 0.6) is 5.75 Å². The molecule has 0 aliphatic carbocycles. The number of hydrazine groups is 1. The van der Waals surface area contributed by atoms with Gasteiger partial charge < -0.3 is 9.64 Å². The third kappa shape index (κ3) is 5.82. The number of thiazole rings is 1. The van der Waals surface area contributed by atoms with Gasteiger partial charge >= 0.3 is 0 Å². The zero-order chi connectivity index (χ0) is 25.9. The van der Waals surface area contributed by atoms with Crippen LogP contribution in [0.15, 0.2) is 40.9 Å². The smallest absolute Gasteiger partial charge is 0.280 e. The van der Waals surface area contributed by atoms with Crippen molar-refractivity contribution < 1.29 is 13.9 Å². The lowest BCUT2D eigenvalue weighted by atomic mass is 9.98. The van der Waals surface area contributed by atoms with Crippen molar-refractivity contribution in [2.24, 2.45) is 5.84 Å². The van der Waals surface area contributed by atoms with Crippen molar-refractivity contribution in [3.63, 3.8) is 0 Å². The molecule has 3 aromatic rings. The molecule has 1 aromatic carbocycles. The van der Waals surface area contributed by atoms with Crippen LogP contribution in [-0.2, 0) is 17.8 Å². The number of thioether (sulfide) groups is 1. The highest BCUT2D eigenvalue weighted by Crippen LogP contribution is 2.33. The molecule has 2 aliphatic heterocycles. The van der Waals surface area contributed by atoms with Crippen LogP contribution in [0.4, 0.5) is 10.3 Å². The van der Waals surface area contributed by atoms with Crippen LogP contribution in [0.3, 0.4) is 0 Å². The Morgan fingerprint density at radius 1 is 1.27 bits per heavy atom. The van der Waals surface area contributed by atoms with Crippen molar-refractivity contribution in [3.05, 3.63) is 68.5 Å². The number of halogens is 1. The van der Waals surface area contributed by atoms with E-state index in [9.17, 15) is 9.18 Å². The van der Waals surface area contributed by atoms with Crippen molar-refractivity contribution >= 4 is 57.6 Å². The number of amides is 1. The SMILES string of the molecule is CCc1cnc(N2CCC(c3nc(COc4ccc(/C=C5\SC(=S)N(N)C5=O)cc4F)cs3)CC2)nc1. The van der Waals surface area contributed by atoms with Crippen LogP contribution >= 0.6 is 35.3 Å². The van der Waals surface area contributed by atoms with E-state index in [1.54, 1.807) is 29.5 Å². The average molecular weight is 557 g/mol. The van der Waals surface area contributed by atoms with Gasteiger partial charge in [-0.05, 0) is 48.6 Å². The molecule has 0 radical (unpaired) electrons. The topological polar surface area (TPSA) is 97.5 Å². The summed E-state index contributed by atoms with van der Waals surface area (Å²) in [6, 6.07) is 4.54. The summed E-state index contributed by atoms with van der Waals surface area (Å²) in [7, 11) is 0. The zero-order valence-corrected chi connectivity index (χ0v) is 22.5. The van der Waals surface area contributed by atoms with Crippen LogP contribution in [-0.4, -0.2) is 43.3 Å². The maximum atomic E-state index is 14.7. The highest BCUT2D eigenvalue weighted by atomic mass is 32.2. The molecule has 0 unspecified atom stereocenters. The molecule has 2 saturated heterocycles. The van der Waals surface area contributed by atoms with Crippen LogP contribution in [0.1, 0.15) is 47.5 Å². The molecule has 5 rings (SSSR count). The number of carbonyl (C=O) groups excluding carboxylic acids is 1. The lowest BCUT2D eigenvalue weighted by Gasteiger charge is -2.31. The Hall–Kier alpha value is -2.93. The lowest BCUT2D eigenvalue weighted by Crippen LogP contribution is -2.34. The quantitative estimate of drug-likeness (QED) is 0.193. The number of nitrogens with two attached hydrogens (primary N) is 1. The van der Waals surface area contributed by atoms with Crippen molar-refractivity contribution in [2.45, 2.75) is 38.7 Å². The Labute approximate surface area is 227 Å². The Bertz CT molecular complexity index is 1340. The van der Waals surface area contributed by atoms with Gasteiger partial charge in [0.1, 0.15) is 6.61 Å². The van der Waals surface area contributed by atoms with Gasteiger partial charge in [-0.25, -0.2) is 30.2 Å². The van der Waals surface area contributed by atoms with E-state index in [1.165, 1.54) is 6.07 Å². The molecule has 2 fully saturated rings. The van der Waals surface area contributed by atoms with Gasteiger partial charge in [-0.2, -0.15) is 0 Å². The minimum absolute atomic E-state index is 0.125. The molecule has 2 aliphatic rings. The second-order valence-electron chi connectivity index (χ2n) is 8.71. The number of nitrogens with zero attached hydrogens (tertiary/aromatic N) is 5. The first kappa shape index (κ1) is 25.7. The van der Waals surface area contributed by atoms with Crippen molar-refractivity contribution in [1.29, 1.82) is 0 Å². The highest BCUT2D eigenvalue weighted by molar-refractivity contribution is 8.26. The molecule has 0 bridgehead atoms. The van der Waals surface area contributed by atoms with E-state index in [2.05, 4.69) is 21.8 Å². The largest absolute Gasteiger partial charge is 0.484 e. The van der Waals surface area contributed by atoms with Crippen molar-refractivity contribution in [3.8, 4) is 5.75 Å². The second-order valence-corrected chi connectivity index (χ2v) is 11.3. The van der Waals surface area contributed by atoms with Gasteiger partial charge in [0.25, 0.3) is 5.91 Å². The zero-order valence-electron chi connectivity index (χ0n) is 20.1. The maximum Gasteiger partial charge on any atom is 0.280 e. The summed E-state index contributed by atoms with van der Waals surface area (Å²) < 4.78 is 20.6. The fraction of sp³-hybridized carbons (Fsp3) is 0.320. The average Bonchev–Trinajstić information content (AvgIpc) is 3.49. The molecule has 0 atom stereocenters. The number of carbonyl (C=O) groups is 1. The summed E-state index contributed by atoms with van der Waals surface area (Å²) in [6.07, 6.45) is 8.24. The van der Waals surface area contributed by atoms with E-state index in [-0.39, 0.29) is 16.7 Å². The number of hydrogen-bond acceptors (Lipinski definition) is 10. The molecule has 2 aromatic heterocycles. The molecule has 0 saturated carbocycles. The first-order chi connectivity index (χ1) is 17.9. The molecule has 0 spiro atoms. The van der Waals surface area contributed by atoms with E-state index in [4.69, 9.17) is 27.8 Å². The Balaban J connectivity index is 1.15. The number of aromatic nitrogens is 3. The number of anilines is 1. The first-order valence-corrected chi connectivity index (χ1v) is 14.0. The minimum Gasteiger partial charge on any atom is -0.484 e. The Morgan fingerprint density at radius 3 is 2.68 bits per heavy atom. The van der Waals surface area contributed by atoms with E-state index in [1.807, 2.05) is 17.8 Å². The monoisotopic (exact) mass is 556 g/mol. The van der Waals surface area contributed by atoms with Gasteiger partial charge in [-0.1, -0.05) is 37.0 Å². The van der Waals surface area contributed by atoms with Gasteiger partial charge in [0.2, 0.25) is 5.95 Å². The lowest BCUT2D eigenvalue weighted by molar-refractivity contribution is -0.122. The Morgan fingerprint density at radius 2 is 2.03 bits per heavy atom.